The molecule has 2 N–H and O–H groups in total. The third-order valence-electron chi connectivity index (χ3n) is 2.54. The molecule has 1 saturated heterocycles. The normalized spacial score (nSPS) is 22.8. The first-order valence-corrected chi connectivity index (χ1v) is 5.92. The summed E-state index contributed by atoms with van der Waals surface area (Å²) in [7, 11) is 0. The quantitative estimate of drug-likeness (QED) is 0.624. The van der Waals surface area contributed by atoms with E-state index in [1.54, 1.807) is 0 Å². The Morgan fingerprint density at radius 1 is 1.69 bits per heavy atom. The molecule has 1 rings (SSSR count). The lowest BCUT2D eigenvalue weighted by atomic mass is 10.1. The monoisotopic (exact) mass is 230 g/mol. The summed E-state index contributed by atoms with van der Waals surface area (Å²) in [6, 6.07) is 0.669. The van der Waals surface area contributed by atoms with E-state index in [2.05, 4.69) is 17.6 Å². The topological polar surface area (TPSA) is 59.6 Å². The SMILES string of the molecule is CCOC(=O)CNC(C)CC1COCCN1. The van der Waals surface area contributed by atoms with E-state index in [9.17, 15) is 4.79 Å². The molecule has 16 heavy (non-hydrogen) atoms. The maximum absolute atomic E-state index is 11.1. The molecule has 0 radical (unpaired) electrons. The van der Waals surface area contributed by atoms with Gasteiger partial charge in [-0.25, -0.2) is 0 Å². The fourth-order valence-corrected chi connectivity index (χ4v) is 1.75. The Labute approximate surface area is 96.9 Å². The van der Waals surface area contributed by atoms with E-state index in [0.717, 1.165) is 26.2 Å². The molecule has 0 aromatic carbocycles. The second kappa shape index (κ2) is 7.60. The second-order valence-electron chi connectivity index (χ2n) is 4.05. The largest absolute Gasteiger partial charge is 0.465 e. The summed E-state index contributed by atoms with van der Waals surface area (Å²) >= 11 is 0. The highest BCUT2D eigenvalue weighted by Crippen LogP contribution is 2.02. The van der Waals surface area contributed by atoms with Crippen molar-refractivity contribution in [2.75, 3.05) is 32.9 Å². The van der Waals surface area contributed by atoms with Crippen LogP contribution in [0.5, 0.6) is 0 Å². The van der Waals surface area contributed by atoms with Crippen molar-refractivity contribution >= 4 is 5.97 Å². The third kappa shape index (κ3) is 5.44. The lowest BCUT2D eigenvalue weighted by Gasteiger charge is -2.26. The third-order valence-corrected chi connectivity index (χ3v) is 2.54. The van der Waals surface area contributed by atoms with Gasteiger partial charge in [-0.3, -0.25) is 4.79 Å². The van der Waals surface area contributed by atoms with E-state index in [4.69, 9.17) is 9.47 Å². The Balaban J connectivity index is 2.09. The van der Waals surface area contributed by atoms with Gasteiger partial charge < -0.3 is 20.1 Å². The zero-order valence-corrected chi connectivity index (χ0v) is 10.1. The van der Waals surface area contributed by atoms with Crippen molar-refractivity contribution < 1.29 is 14.3 Å². The Morgan fingerprint density at radius 2 is 2.50 bits per heavy atom. The van der Waals surface area contributed by atoms with Crippen molar-refractivity contribution in [3.63, 3.8) is 0 Å². The number of hydrogen-bond donors (Lipinski definition) is 2. The molecule has 1 heterocycles. The minimum absolute atomic E-state index is 0.192. The first-order chi connectivity index (χ1) is 7.72. The molecule has 0 bridgehead atoms. The number of carbonyl (C=O) groups is 1. The molecule has 0 spiro atoms. The lowest BCUT2D eigenvalue weighted by molar-refractivity contribution is -0.142. The minimum Gasteiger partial charge on any atom is -0.465 e. The molecule has 1 aliphatic heterocycles. The molecule has 1 aliphatic rings. The highest BCUT2D eigenvalue weighted by Gasteiger charge is 2.16. The van der Waals surface area contributed by atoms with Crippen LogP contribution in [0.1, 0.15) is 20.3 Å². The first kappa shape index (κ1) is 13.4. The lowest BCUT2D eigenvalue weighted by Crippen LogP contribution is -2.45. The number of rotatable bonds is 6. The van der Waals surface area contributed by atoms with Crippen LogP contribution in [0, 0.1) is 0 Å². The zero-order valence-electron chi connectivity index (χ0n) is 10.1. The maximum Gasteiger partial charge on any atom is 0.319 e. The van der Waals surface area contributed by atoms with Gasteiger partial charge in [-0.1, -0.05) is 0 Å². The van der Waals surface area contributed by atoms with Gasteiger partial charge in [-0.2, -0.15) is 0 Å². The fourth-order valence-electron chi connectivity index (χ4n) is 1.75. The van der Waals surface area contributed by atoms with Gasteiger partial charge in [0.05, 0.1) is 26.4 Å². The van der Waals surface area contributed by atoms with Gasteiger partial charge in [0.1, 0.15) is 0 Å². The number of carbonyl (C=O) groups excluding carboxylic acids is 1. The van der Waals surface area contributed by atoms with Crippen molar-refractivity contribution in [2.45, 2.75) is 32.4 Å². The van der Waals surface area contributed by atoms with Gasteiger partial charge >= 0.3 is 5.97 Å². The zero-order chi connectivity index (χ0) is 11.8. The first-order valence-electron chi connectivity index (χ1n) is 5.92. The van der Waals surface area contributed by atoms with Crippen LogP contribution in [0.15, 0.2) is 0 Å². The molecule has 0 aliphatic carbocycles. The van der Waals surface area contributed by atoms with E-state index in [-0.39, 0.29) is 18.6 Å². The van der Waals surface area contributed by atoms with E-state index < -0.39 is 0 Å². The smallest absolute Gasteiger partial charge is 0.319 e. The number of nitrogens with one attached hydrogen (secondary N) is 2. The Bertz CT molecular complexity index is 205. The summed E-state index contributed by atoms with van der Waals surface area (Å²) in [6.07, 6.45) is 0.958. The van der Waals surface area contributed by atoms with Gasteiger partial charge in [0.25, 0.3) is 0 Å². The molecular formula is C11H22N2O3. The van der Waals surface area contributed by atoms with Crippen molar-refractivity contribution in [1.82, 2.24) is 10.6 Å². The van der Waals surface area contributed by atoms with Crippen molar-refractivity contribution in [3.8, 4) is 0 Å². The standard InChI is InChI=1S/C11H22N2O3/c1-3-16-11(14)7-13-9(2)6-10-8-15-5-4-12-10/h9-10,12-13H,3-8H2,1-2H3. The summed E-state index contributed by atoms with van der Waals surface area (Å²) in [5, 5.41) is 6.53. The van der Waals surface area contributed by atoms with Gasteiger partial charge in [0, 0.05) is 18.6 Å². The van der Waals surface area contributed by atoms with Crippen LogP contribution in [0.3, 0.4) is 0 Å². The summed E-state index contributed by atoms with van der Waals surface area (Å²) in [5.74, 6) is -0.192. The van der Waals surface area contributed by atoms with Crippen LogP contribution in [-0.2, 0) is 14.3 Å². The van der Waals surface area contributed by atoms with E-state index in [1.165, 1.54) is 0 Å². The van der Waals surface area contributed by atoms with Gasteiger partial charge in [-0.15, -0.1) is 0 Å². The van der Waals surface area contributed by atoms with Crippen LogP contribution >= 0.6 is 0 Å². The molecule has 5 heteroatoms. The summed E-state index contributed by atoms with van der Waals surface area (Å²) in [4.78, 5) is 11.1. The fraction of sp³-hybridized carbons (Fsp3) is 0.909. The summed E-state index contributed by atoms with van der Waals surface area (Å²) in [5.41, 5.74) is 0. The van der Waals surface area contributed by atoms with Crippen molar-refractivity contribution in [2.24, 2.45) is 0 Å². The number of ether oxygens (including phenoxy) is 2. The predicted octanol–water partition coefficient (Wildman–Crippen LogP) is -0.0939. The molecule has 2 atom stereocenters. The molecule has 0 saturated carbocycles. The number of morpholine rings is 1. The number of hydrogen-bond acceptors (Lipinski definition) is 5. The maximum atomic E-state index is 11.1. The Kier molecular flexibility index (Phi) is 6.37. The average molecular weight is 230 g/mol. The highest BCUT2D eigenvalue weighted by molar-refractivity contribution is 5.71. The van der Waals surface area contributed by atoms with Crippen LogP contribution in [0.4, 0.5) is 0 Å². The Hall–Kier alpha value is -0.650. The van der Waals surface area contributed by atoms with Crippen LogP contribution < -0.4 is 10.6 Å². The van der Waals surface area contributed by atoms with Crippen LogP contribution in [0.25, 0.3) is 0 Å². The van der Waals surface area contributed by atoms with E-state index in [1.807, 2.05) is 6.92 Å². The molecule has 2 unspecified atom stereocenters. The molecule has 0 aromatic rings. The van der Waals surface area contributed by atoms with Crippen LogP contribution in [-0.4, -0.2) is 51.0 Å². The van der Waals surface area contributed by atoms with Gasteiger partial charge in [0.15, 0.2) is 0 Å². The predicted molar refractivity (Wildman–Crippen MR) is 61.3 cm³/mol. The van der Waals surface area contributed by atoms with Crippen molar-refractivity contribution in [1.29, 1.82) is 0 Å². The van der Waals surface area contributed by atoms with Crippen molar-refractivity contribution in [3.05, 3.63) is 0 Å². The second-order valence-corrected chi connectivity index (χ2v) is 4.05. The molecule has 1 fully saturated rings. The minimum atomic E-state index is -0.192. The number of esters is 1. The van der Waals surface area contributed by atoms with Gasteiger partial charge in [0.2, 0.25) is 0 Å². The molecule has 0 amide bonds. The highest BCUT2D eigenvalue weighted by atomic mass is 16.5. The van der Waals surface area contributed by atoms with Gasteiger partial charge in [-0.05, 0) is 20.3 Å². The molecule has 0 aromatic heterocycles. The van der Waals surface area contributed by atoms with Crippen LogP contribution in [0.2, 0.25) is 0 Å². The Morgan fingerprint density at radius 3 is 3.12 bits per heavy atom. The molecule has 5 nitrogen and oxygen atoms in total. The van der Waals surface area contributed by atoms with E-state index >= 15 is 0 Å². The summed E-state index contributed by atoms with van der Waals surface area (Å²) in [6.45, 7) is 7.05. The molecular weight excluding hydrogens is 208 g/mol. The summed E-state index contributed by atoms with van der Waals surface area (Å²) < 4.78 is 10.2. The average Bonchev–Trinajstić information content (AvgIpc) is 2.28. The van der Waals surface area contributed by atoms with E-state index in [0.29, 0.717) is 12.6 Å². The molecule has 94 valence electrons.